The highest BCUT2D eigenvalue weighted by Crippen LogP contribution is 2.22. The summed E-state index contributed by atoms with van der Waals surface area (Å²) in [5.41, 5.74) is 8.91. The summed E-state index contributed by atoms with van der Waals surface area (Å²) in [6, 6.07) is 14.2. The number of methoxy groups -OCH3 is 1. The molecule has 1 unspecified atom stereocenters. The van der Waals surface area contributed by atoms with Gasteiger partial charge in [-0.25, -0.2) is 4.39 Å². The number of hydrogen-bond donors (Lipinski definition) is 2. The zero-order valence-corrected chi connectivity index (χ0v) is 11.5. The lowest BCUT2D eigenvalue weighted by atomic mass is 10.0. The Morgan fingerprint density at radius 3 is 2.50 bits per heavy atom. The highest BCUT2D eigenvalue weighted by Gasteiger charge is 2.13. The van der Waals surface area contributed by atoms with Crippen LogP contribution in [0.3, 0.4) is 0 Å². The van der Waals surface area contributed by atoms with Gasteiger partial charge >= 0.3 is 0 Å². The number of benzene rings is 2. The van der Waals surface area contributed by atoms with E-state index in [0.29, 0.717) is 13.2 Å². The third kappa shape index (κ3) is 3.56. The summed E-state index contributed by atoms with van der Waals surface area (Å²) < 4.78 is 18.1. The summed E-state index contributed by atoms with van der Waals surface area (Å²) in [7, 11) is 1.67. The van der Waals surface area contributed by atoms with Gasteiger partial charge in [0.25, 0.3) is 0 Å². The van der Waals surface area contributed by atoms with Crippen molar-refractivity contribution in [1.82, 2.24) is 0 Å². The fourth-order valence-corrected chi connectivity index (χ4v) is 2.17. The molecule has 0 bridgehead atoms. The molecule has 0 fully saturated rings. The summed E-state index contributed by atoms with van der Waals surface area (Å²) in [5.74, 6) is -0.250. The third-order valence-electron chi connectivity index (χ3n) is 3.15. The SMILES string of the molecule is COCc1ccccc1C(CN)Nc1ccc(F)cc1. The number of anilines is 1. The van der Waals surface area contributed by atoms with E-state index in [9.17, 15) is 4.39 Å². The number of nitrogens with two attached hydrogens (primary N) is 1. The molecule has 0 aliphatic carbocycles. The first-order valence-electron chi connectivity index (χ1n) is 6.53. The molecule has 2 aromatic carbocycles. The van der Waals surface area contributed by atoms with Gasteiger partial charge in [0.2, 0.25) is 0 Å². The molecule has 3 nitrogen and oxygen atoms in total. The van der Waals surface area contributed by atoms with Gasteiger partial charge in [0.15, 0.2) is 0 Å². The molecule has 0 aliphatic heterocycles. The number of nitrogens with one attached hydrogen (secondary N) is 1. The molecule has 106 valence electrons. The quantitative estimate of drug-likeness (QED) is 0.851. The molecule has 0 saturated heterocycles. The van der Waals surface area contributed by atoms with Crippen LogP contribution < -0.4 is 11.1 Å². The fourth-order valence-electron chi connectivity index (χ4n) is 2.17. The van der Waals surface area contributed by atoms with Crippen LogP contribution in [0.5, 0.6) is 0 Å². The van der Waals surface area contributed by atoms with Crippen LogP contribution in [0.1, 0.15) is 17.2 Å². The maximum atomic E-state index is 12.9. The molecule has 3 N–H and O–H groups in total. The average molecular weight is 274 g/mol. The van der Waals surface area contributed by atoms with Crippen molar-refractivity contribution in [2.24, 2.45) is 5.73 Å². The average Bonchev–Trinajstić information content (AvgIpc) is 2.48. The van der Waals surface area contributed by atoms with Gasteiger partial charge in [-0.2, -0.15) is 0 Å². The van der Waals surface area contributed by atoms with Gasteiger partial charge in [0, 0.05) is 19.3 Å². The fraction of sp³-hybridized carbons (Fsp3) is 0.250. The van der Waals surface area contributed by atoms with Crippen molar-refractivity contribution in [3.8, 4) is 0 Å². The minimum Gasteiger partial charge on any atom is -0.380 e. The van der Waals surface area contributed by atoms with Crippen molar-refractivity contribution in [2.45, 2.75) is 12.6 Å². The van der Waals surface area contributed by atoms with Gasteiger partial charge in [0.1, 0.15) is 5.82 Å². The Bertz CT molecular complexity index is 542. The molecule has 0 amide bonds. The Morgan fingerprint density at radius 1 is 1.15 bits per heavy atom. The second-order valence-electron chi connectivity index (χ2n) is 4.57. The summed E-state index contributed by atoms with van der Waals surface area (Å²) >= 11 is 0. The first-order chi connectivity index (χ1) is 9.74. The van der Waals surface area contributed by atoms with Crippen molar-refractivity contribution in [3.63, 3.8) is 0 Å². The van der Waals surface area contributed by atoms with E-state index in [1.54, 1.807) is 19.2 Å². The predicted octanol–water partition coefficient (Wildman–Crippen LogP) is 3.08. The Kier molecular flexibility index (Phi) is 5.09. The summed E-state index contributed by atoms with van der Waals surface area (Å²) in [6.07, 6.45) is 0. The molecule has 2 aromatic rings. The second kappa shape index (κ2) is 7.03. The summed E-state index contributed by atoms with van der Waals surface area (Å²) in [4.78, 5) is 0. The van der Waals surface area contributed by atoms with Crippen LogP contribution in [-0.4, -0.2) is 13.7 Å². The van der Waals surface area contributed by atoms with E-state index < -0.39 is 0 Å². The first-order valence-corrected chi connectivity index (χ1v) is 6.53. The van der Waals surface area contributed by atoms with Crippen LogP contribution >= 0.6 is 0 Å². The minimum atomic E-state index is -0.250. The third-order valence-corrected chi connectivity index (χ3v) is 3.15. The smallest absolute Gasteiger partial charge is 0.123 e. The van der Waals surface area contributed by atoms with E-state index in [4.69, 9.17) is 10.5 Å². The second-order valence-corrected chi connectivity index (χ2v) is 4.57. The van der Waals surface area contributed by atoms with Crippen LogP contribution in [-0.2, 0) is 11.3 Å². The van der Waals surface area contributed by atoms with Crippen LogP contribution in [0.2, 0.25) is 0 Å². The van der Waals surface area contributed by atoms with Crippen molar-refractivity contribution in [3.05, 3.63) is 65.5 Å². The largest absolute Gasteiger partial charge is 0.380 e. The Balaban J connectivity index is 2.21. The van der Waals surface area contributed by atoms with Crippen LogP contribution in [0.25, 0.3) is 0 Å². The standard InChI is InChI=1S/C16H19FN2O/c1-20-11-12-4-2-3-5-15(12)16(10-18)19-14-8-6-13(17)7-9-14/h2-9,16,19H,10-11,18H2,1H3. The molecule has 0 radical (unpaired) electrons. The monoisotopic (exact) mass is 274 g/mol. The highest BCUT2D eigenvalue weighted by atomic mass is 19.1. The van der Waals surface area contributed by atoms with Gasteiger partial charge in [-0.15, -0.1) is 0 Å². The van der Waals surface area contributed by atoms with Crippen LogP contribution in [0, 0.1) is 5.82 Å². The predicted molar refractivity (Wildman–Crippen MR) is 79.0 cm³/mol. The molecule has 0 spiro atoms. The minimum absolute atomic E-state index is 0.0354. The lowest BCUT2D eigenvalue weighted by molar-refractivity contribution is 0.184. The summed E-state index contributed by atoms with van der Waals surface area (Å²) in [6.45, 7) is 0.982. The van der Waals surface area contributed by atoms with Crippen LogP contribution in [0.15, 0.2) is 48.5 Å². The molecule has 0 saturated carbocycles. The Morgan fingerprint density at radius 2 is 1.85 bits per heavy atom. The number of hydrogen-bond acceptors (Lipinski definition) is 3. The molecule has 0 aromatic heterocycles. The van der Waals surface area contributed by atoms with E-state index in [1.807, 2.05) is 24.3 Å². The number of halogens is 1. The van der Waals surface area contributed by atoms with Crippen molar-refractivity contribution >= 4 is 5.69 Å². The molecular formula is C16H19FN2O. The van der Waals surface area contributed by atoms with E-state index in [-0.39, 0.29) is 11.9 Å². The lowest BCUT2D eigenvalue weighted by Crippen LogP contribution is -2.22. The molecule has 2 rings (SSSR count). The Hall–Kier alpha value is -1.91. The van der Waals surface area contributed by atoms with Gasteiger partial charge in [-0.3, -0.25) is 0 Å². The zero-order chi connectivity index (χ0) is 14.4. The molecule has 20 heavy (non-hydrogen) atoms. The molecular weight excluding hydrogens is 255 g/mol. The van der Waals surface area contributed by atoms with Gasteiger partial charge in [0.05, 0.1) is 12.6 Å². The molecule has 0 heterocycles. The van der Waals surface area contributed by atoms with Crippen LogP contribution in [0.4, 0.5) is 10.1 Å². The van der Waals surface area contributed by atoms with E-state index >= 15 is 0 Å². The maximum absolute atomic E-state index is 12.9. The van der Waals surface area contributed by atoms with Crippen molar-refractivity contribution in [1.29, 1.82) is 0 Å². The molecule has 4 heteroatoms. The first kappa shape index (κ1) is 14.5. The highest BCUT2D eigenvalue weighted by molar-refractivity contribution is 5.46. The molecule has 1 atom stereocenters. The van der Waals surface area contributed by atoms with E-state index in [0.717, 1.165) is 16.8 Å². The van der Waals surface area contributed by atoms with Gasteiger partial charge in [-0.1, -0.05) is 24.3 Å². The topological polar surface area (TPSA) is 47.3 Å². The Labute approximate surface area is 118 Å². The normalized spacial score (nSPS) is 12.2. The number of rotatable bonds is 6. The lowest BCUT2D eigenvalue weighted by Gasteiger charge is -2.21. The zero-order valence-electron chi connectivity index (χ0n) is 11.5. The van der Waals surface area contributed by atoms with E-state index in [2.05, 4.69) is 5.32 Å². The summed E-state index contributed by atoms with van der Waals surface area (Å²) in [5, 5.41) is 3.32. The van der Waals surface area contributed by atoms with E-state index in [1.165, 1.54) is 12.1 Å². The maximum Gasteiger partial charge on any atom is 0.123 e. The van der Waals surface area contributed by atoms with Crippen molar-refractivity contribution in [2.75, 3.05) is 19.0 Å². The van der Waals surface area contributed by atoms with Gasteiger partial charge < -0.3 is 15.8 Å². The number of ether oxygens (including phenoxy) is 1. The van der Waals surface area contributed by atoms with Gasteiger partial charge in [-0.05, 0) is 35.4 Å². The molecule has 0 aliphatic rings. The van der Waals surface area contributed by atoms with Crippen molar-refractivity contribution < 1.29 is 9.13 Å².